The fraction of sp³-hybridized carbons (Fsp3) is 0.143. The molecule has 0 saturated heterocycles. The van der Waals surface area contributed by atoms with Gasteiger partial charge in [-0.15, -0.1) is 0 Å². The zero-order valence-corrected chi connectivity index (χ0v) is 16.3. The number of methoxy groups -OCH3 is 1. The molecule has 1 amide bonds. The molecule has 0 saturated carbocycles. The molecule has 2 N–H and O–H groups in total. The largest absolute Gasteiger partial charge is 0.465 e. The molecule has 1 aromatic heterocycles. The summed E-state index contributed by atoms with van der Waals surface area (Å²) in [5.74, 6) is -0.394. The minimum absolute atomic E-state index is 0.315. The van der Waals surface area contributed by atoms with Gasteiger partial charge < -0.3 is 20.3 Å². The number of hydrogen-bond acceptors (Lipinski definition) is 7. The van der Waals surface area contributed by atoms with Gasteiger partial charge in [-0.3, -0.25) is 4.79 Å². The number of ether oxygens (including phenoxy) is 1. The second-order valence-electron chi connectivity index (χ2n) is 6.38. The smallest absolute Gasteiger partial charge is 0.337 e. The molecular weight excluding hydrogens is 370 g/mol. The molecule has 0 unspecified atom stereocenters. The van der Waals surface area contributed by atoms with Crippen molar-refractivity contribution in [2.24, 2.45) is 0 Å². The molecule has 8 heteroatoms. The molecular formula is C21H21N5O3. The lowest BCUT2D eigenvalue weighted by Crippen LogP contribution is -2.13. The predicted molar refractivity (Wildman–Crippen MR) is 112 cm³/mol. The highest BCUT2D eigenvalue weighted by Gasteiger charge is 2.10. The number of aromatic nitrogens is 2. The van der Waals surface area contributed by atoms with E-state index in [0.717, 1.165) is 11.4 Å². The summed E-state index contributed by atoms with van der Waals surface area (Å²) in [5, 5.41) is 5.82. The van der Waals surface area contributed by atoms with E-state index in [1.807, 2.05) is 43.3 Å². The van der Waals surface area contributed by atoms with Crippen LogP contribution in [0.5, 0.6) is 0 Å². The number of nitrogens with zero attached hydrogens (tertiary/aromatic N) is 3. The maximum atomic E-state index is 12.4. The molecule has 0 spiro atoms. The van der Waals surface area contributed by atoms with Crippen LogP contribution in [0.1, 0.15) is 20.7 Å². The van der Waals surface area contributed by atoms with Gasteiger partial charge in [-0.25, -0.2) is 14.8 Å². The molecule has 3 rings (SSSR count). The van der Waals surface area contributed by atoms with Gasteiger partial charge in [0.2, 0.25) is 5.95 Å². The van der Waals surface area contributed by atoms with E-state index in [0.29, 0.717) is 22.8 Å². The van der Waals surface area contributed by atoms with Gasteiger partial charge in [0.05, 0.1) is 18.2 Å². The lowest BCUT2D eigenvalue weighted by atomic mass is 10.2. The van der Waals surface area contributed by atoms with Gasteiger partial charge >= 0.3 is 5.97 Å². The van der Waals surface area contributed by atoms with Gasteiger partial charge in [-0.05, 0) is 48.5 Å². The van der Waals surface area contributed by atoms with Crippen LogP contribution in [0, 0.1) is 0 Å². The lowest BCUT2D eigenvalue weighted by molar-refractivity contribution is 0.0600. The van der Waals surface area contributed by atoms with E-state index in [1.54, 1.807) is 24.3 Å². The van der Waals surface area contributed by atoms with Crippen LogP contribution in [-0.2, 0) is 4.74 Å². The molecule has 0 bridgehead atoms. The summed E-state index contributed by atoms with van der Waals surface area (Å²) >= 11 is 0. The quantitative estimate of drug-likeness (QED) is 0.622. The fourth-order valence-corrected chi connectivity index (χ4v) is 2.49. The number of benzene rings is 2. The molecule has 0 radical (unpaired) electrons. The van der Waals surface area contributed by atoms with Crippen molar-refractivity contribution in [3.63, 3.8) is 0 Å². The van der Waals surface area contributed by atoms with Crippen molar-refractivity contribution in [3.8, 4) is 0 Å². The molecule has 0 atom stereocenters. The van der Waals surface area contributed by atoms with Crippen molar-refractivity contribution in [3.05, 3.63) is 72.1 Å². The Hall–Kier alpha value is -3.94. The topological polar surface area (TPSA) is 96.4 Å². The third-order valence-corrected chi connectivity index (χ3v) is 4.12. The summed E-state index contributed by atoms with van der Waals surface area (Å²) in [7, 11) is 5.26. The zero-order valence-electron chi connectivity index (χ0n) is 16.3. The monoisotopic (exact) mass is 391 g/mol. The molecule has 0 aliphatic carbocycles. The van der Waals surface area contributed by atoms with Crippen LogP contribution in [0.4, 0.5) is 23.0 Å². The fourth-order valence-electron chi connectivity index (χ4n) is 2.49. The Bertz CT molecular complexity index is 984. The van der Waals surface area contributed by atoms with Gasteiger partial charge in [0, 0.05) is 43.6 Å². The molecule has 0 fully saturated rings. The molecule has 0 aliphatic heterocycles. The number of amides is 1. The van der Waals surface area contributed by atoms with Crippen LogP contribution < -0.4 is 15.5 Å². The number of carbonyl (C=O) groups excluding carboxylic acids is 2. The highest BCUT2D eigenvalue weighted by atomic mass is 16.5. The Balaban J connectivity index is 1.61. The molecule has 1 heterocycles. The Kier molecular flexibility index (Phi) is 6.03. The third kappa shape index (κ3) is 5.07. The van der Waals surface area contributed by atoms with Crippen molar-refractivity contribution in [2.45, 2.75) is 0 Å². The first-order valence-corrected chi connectivity index (χ1v) is 8.82. The first-order chi connectivity index (χ1) is 14.0. The van der Waals surface area contributed by atoms with Gasteiger partial charge in [-0.2, -0.15) is 0 Å². The van der Waals surface area contributed by atoms with E-state index in [9.17, 15) is 9.59 Å². The van der Waals surface area contributed by atoms with E-state index in [2.05, 4.69) is 25.3 Å². The summed E-state index contributed by atoms with van der Waals surface area (Å²) in [6, 6.07) is 14.2. The molecule has 2 aromatic carbocycles. The Morgan fingerprint density at radius 2 is 1.45 bits per heavy atom. The average Bonchev–Trinajstić information content (AvgIpc) is 2.74. The average molecular weight is 391 g/mol. The number of anilines is 4. The van der Waals surface area contributed by atoms with Crippen molar-refractivity contribution in [1.29, 1.82) is 0 Å². The SMILES string of the molecule is COC(=O)c1ccc(NC(=O)c2cnc(Nc3ccc(N(C)C)cc3)nc2)cc1. The maximum Gasteiger partial charge on any atom is 0.337 e. The maximum absolute atomic E-state index is 12.4. The van der Waals surface area contributed by atoms with Gasteiger partial charge in [0.15, 0.2) is 0 Å². The van der Waals surface area contributed by atoms with Crippen LogP contribution in [-0.4, -0.2) is 43.0 Å². The van der Waals surface area contributed by atoms with E-state index in [-0.39, 0.29) is 5.91 Å². The van der Waals surface area contributed by atoms with E-state index in [4.69, 9.17) is 0 Å². The second-order valence-corrected chi connectivity index (χ2v) is 6.38. The number of nitrogens with one attached hydrogen (secondary N) is 2. The van der Waals surface area contributed by atoms with Crippen molar-refractivity contribution in [2.75, 3.05) is 36.7 Å². The zero-order chi connectivity index (χ0) is 20.8. The standard InChI is InChI=1S/C21H21N5O3/c1-26(2)18-10-8-17(9-11-18)25-21-22-12-15(13-23-21)19(27)24-16-6-4-14(5-7-16)20(28)29-3/h4-13H,1-3H3,(H,24,27)(H,22,23,25). The summed E-state index contributed by atoms with van der Waals surface area (Å²) in [6.07, 6.45) is 2.89. The van der Waals surface area contributed by atoms with Gasteiger partial charge in [-0.1, -0.05) is 0 Å². The van der Waals surface area contributed by atoms with Gasteiger partial charge in [0.25, 0.3) is 5.91 Å². The lowest BCUT2D eigenvalue weighted by Gasteiger charge is -2.13. The first kappa shape index (κ1) is 19.8. The van der Waals surface area contributed by atoms with Crippen LogP contribution >= 0.6 is 0 Å². The minimum Gasteiger partial charge on any atom is -0.465 e. The summed E-state index contributed by atoms with van der Waals surface area (Å²) < 4.78 is 4.65. The summed E-state index contributed by atoms with van der Waals surface area (Å²) in [6.45, 7) is 0. The van der Waals surface area contributed by atoms with Crippen molar-refractivity contribution < 1.29 is 14.3 Å². The Morgan fingerprint density at radius 3 is 2.00 bits per heavy atom. The number of hydrogen-bond donors (Lipinski definition) is 2. The Labute approximate surface area is 168 Å². The van der Waals surface area contributed by atoms with E-state index < -0.39 is 5.97 Å². The predicted octanol–water partition coefficient (Wildman–Crippen LogP) is 3.33. The molecule has 29 heavy (non-hydrogen) atoms. The normalized spacial score (nSPS) is 10.2. The molecule has 148 valence electrons. The highest BCUT2D eigenvalue weighted by Crippen LogP contribution is 2.18. The highest BCUT2D eigenvalue weighted by molar-refractivity contribution is 6.04. The van der Waals surface area contributed by atoms with Crippen molar-refractivity contribution >= 4 is 34.9 Å². The third-order valence-electron chi connectivity index (χ3n) is 4.12. The minimum atomic E-state index is -0.435. The van der Waals surface area contributed by atoms with Crippen LogP contribution in [0.3, 0.4) is 0 Å². The number of rotatable bonds is 6. The summed E-state index contributed by atoms with van der Waals surface area (Å²) in [5.41, 5.74) is 3.20. The molecule has 0 aliphatic rings. The van der Waals surface area contributed by atoms with E-state index >= 15 is 0 Å². The van der Waals surface area contributed by atoms with Crippen molar-refractivity contribution in [1.82, 2.24) is 9.97 Å². The van der Waals surface area contributed by atoms with Crippen LogP contribution in [0.2, 0.25) is 0 Å². The van der Waals surface area contributed by atoms with Gasteiger partial charge in [0.1, 0.15) is 0 Å². The van der Waals surface area contributed by atoms with Crippen LogP contribution in [0.15, 0.2) is 60.9 Å². The molecule has 8 nitrogen and oxygen atoms in total. The number of carbonyl (C=O) groups is 2. The molecule has 3 aromatic rings. The Morgan fingerprint density at radius 1 is 0.862 bits per heavy atom. The second kappa shape index (κ2) is 8.83. The summed E-state index contributed by atoms with van der Waals surface area (Å²) in [4.78, 5) is 34.2. The number of esters is 1. The van der Waals surface area contributed by atoms with E-state index in [1.165, 1.54) is 19.5 Å². The first-order valence-electron chi connectivity index (χ1n) is 8.82. The van der Waals surface area contributed by atoms with Crippen LogP contribution in [0.25, 0.3) is 0 Å².